The van der Waals surface area contributed by atoms with Crippen LogP contribution < -0.4 is 0 Å². The van der Waals surface area contributed by atoms with E-state index < -0.39 is 17.6 Å². The van der Waals surface area contributed by atoms with Gasteiger partial charge in [0.05, 0.1) is 12.5 Å². The zero-order chi connectivity index (χ0) is 11.8. The molecule has 2 aliphatic rings. The van der Waals surface area contributed by atoms with Crippen LogP contribution in [0.2, 0.25) is 0 Å². The molecule has 90 valence electrons. The molecule has 0 aromatic heterocycles. The Balaban J connectivity index is 2.25. The molecule has 6 nitrogen and oxygen atoms in total. The fraction of sp³-hybridized carbons (Fsp3) is 0.800. The van der Waals surface area contributed by atoms with E-state index in [4.69, 9.17) is 4.74 Å². The van der Waals surface area contributed by atoms with Crippen molar-refractivity contribution in [3.05, 3.63) is 0 Å². The number of ether oxygens (including phenoxy) is 1. The molecule has 0 aromatic carbocycles. The molecule has 2 fully saturated rings. The van der Waals surface area contributed by atoms with Gasteiger partial charge in [0, 0.05) is 32.6 Å². The van der Waals surface area contributed by atoms with Crippen molar-refractivity contribution in [3.63, 3.8) is 0 Å². The van der Waals surface area contributed by atoms with Crippen molar-refractivity contribution in [2.24, 2.45) is 0 Å². The number of aliphatic hydroxyl groups excluding tert-OH is 1. The molecule has 6 heteroatoms. The average Bonchev–Trinajstić information content (AvgIpc) is 2.59. The first-order valence-electron chi connectivity index (χ1n) is 5.36. The van der Waals surface area contributed by atoms with Gasteiger partial charge in [0.2, 0.25) is 5.91 Å². The molecule has 1 unspecified atom stereocenters. The lowest BCUT2D eigenvalue weighted by molar-refractivity contribution is -0.164. The highest BCUT2D eigenvalue weighted by Crippen LogP contribution is 2.32. The summed E-state index contributed by atoms with van der Waals surface area (Å²) in [6, 6.07) is 0. The van der Waals surface area contributed by atoms with Crippen molar-refractivity contribution in [2.75, 3.05) is 19.8 Å². The van der Waals surface area contributed by atoms with Gasteiger partial charge >= 0.3 is 5.97 Å². The number of carbonyl (C=O) groups excluding carboxylic acids is 1. The second-order valence-electron chi connectivity index (χ2n) is 4.31. The summed E-state index contributed by atoms with van der Waals surface area (Å²) in [5.74, 6) is -1.28. The molecule has 0 spiro atoms. The topological polar surface area (TPSA) is 87.1 Å². The summed E-state index contributed by atoms with van der Waals surface area (Å²) in [5.41, 5.74) is -1.17. The lowest BCUT2D eigenvalue weighted by Gasteiger charge is -2.40. The lowest BCUT2D eigenvalue weighted by atomic mass is 9.88. The van der Waals surface area contributed by atoms with Gasteiger partial charge in [-0.05, 0) is 0 Å². The second kappa shape index (κ2) is 4.03. The van der Waals surface area contributed by atoms with E-state index in [0.717, 1.165) is 0 Å². The van der Waals surface area contributed by atoms with Gasteiger partial charge in [0.25, 0.3) is 0 Å². The number of hydrogen-bond acceptors (Lipinski definition) is 4. The summed E-state index contributed by atoms with van der Waals surface area (Å²) < 4.78 is 5.13. The van der Waals surface area contributed by atoms with Crippen LogP contribution in [0.5, 0.6) is 0 Å². The predicted octanol–water partition coefficient (Wildman–Crippen LogP) is -0.787. The Labute approximate surface area is 92.8 Å². The van der Waals surface area contributed by atoms with Crippen LogP contribution in [-0.2, 0) is 14.3 Å². The molecule has 0 radical (unpaired) electrons. The standard InChI is InChI=1S/C10H15NO5/c12-7-5-8(13)11(6-7)10(9(14)15)1-3-16-4-2-10/h7,12H,1-6H2,(H,14,15). The van der Waals surface area contributed by atoms with Crippen LogP contribution in [0.15, 0.2) is 0 Å². The van der Waals surface area contributed by atoms with E-state index >= 15 is 0 Å². The summed E-state index contributed by atoms with van der Waals surface area (Å²) in [7, 11) is 0. The van der Waals surface area contributed by atoms with Gasteiger partial charge in [0.15, 0.2) is 0 Å². The summed E-state index contributed by atoms with van der Waals surface area (Å²) in [5, 5.41) is 18.7. The fourth-order valence-corrected chi connectivity index (χ4v) is 2.41. The van der Waals surface area contributed by atoms with Crippen molar-refractivity contribution < 1.29 is 24.5 Å². The van der Waals surface area contributed by atoms with Crippen LogP contribution in [-0.4, -0.2) is 58.4 Å². The zero-order valence-corrected chi connectivity index (χ0v) is 8.89. The first kappa shape index (κ1) is 11.3. The van der Waals surface area contributed by atoms with E-state index in [1.807, 2.05) is 0 Å². The Morgan fingerprint density at radius 2 is 2.06 bits per heavy atom. The molecule has 2 heterocycles. The van der Waals surface area contributed by atoms with Crippen molar-refractivity contribution in [3.8, 4) is 0 Å². The minimum Gasteiger partial charge on any atom is -0.479 e. The average molecular weight is 229 g/mol. The molecule has 2 aliphatic heterocycles. The van der Waals surface area contributed by atoms with E-state index in [1.54, 1.807) is 0 Å². The Morgan fingerprint density at radius 3 is 2.50 bits per heavy atom. The quantitative estimate of drug-likeness (QED) is 0.648. The van der Waals surface area contributed by atoms with Gasteiger partial charge in [-0.2, -0.15) is 0 Å². The minimum absolute atomic E-state index is 0.0237. The molecule has 0 saturated carbocycles. The highest BCUT2D eigenvalue weighted by Gasteiger charge is 2.50. The fourth-order valence-electron chi connectivity index (χ4n) is 2.41. The van der Waals surface area contributed by atoms with Crippen LogP contribution in [0.3, 0.4) is 0 Å². The van der Waals surface area contributed by atoms with Crippen molar-refractivity contribution in [1.82, 2.24) is 4.90 Å². The Kier molecular flexibility index (Phi) is 2.86. The molecule has 1 amide bonds. The summed E-state index contributed by atoms with van der Waals surface area (Å²) in [4.78, 5) is 24.3. The molecule has 2 saturated heterocycles. The number of aliphatic carboxylic acids is 1. The summed E-state index contributed by atoms with van der Waals surface area (Å²) >= 11 is 0. The number of β-amino-alcohol motifs (C(OH)–C–C–N with tert-alkyl or cyclic N) is 1. The van der Waals surface area contributed by atoms with E-state index in [1.165, 1.54) is 4.90 Å². The smallest absolute Gasteiger partial charge is 0.329 e. The van der Waals surface area contributed by atoms with E-state index in [-0.39, 0.29) is 18.9 Å². The largest absolute Gasteiger partial charge is 0.479 e. The molecule has 0 aromatic rings. The first-order valence-corrected chi connectivity index (χ1v) is 5.36. The van der Waals surface area contributed by atoms with Crippen molar-refractivity contribution in [2.45, 2.75) is 30.9 Å². The minimum atomic E-state index is -1.17. The van der Waals surface area contributed by atoms with Crippen molar-refractivity contribution in [1.29, 1.82) is 0 Å². The number of carboxylic acid groups (broad SMARTS) is 1. The molecule has 0 aliphatic carbocycles. The second-order valence-corrected chi connectivity index (χ2v) is 4.31. The zero-order valence-electron chi connectivity index (χ0n) is 8.89. The highest BCUT2D eigenvalue weighted by molar-refractivity contribution is 5.88. The van der Waals surface area contributed by atoms with Gasteiger partial charge in [-0.25, -0.2) is 4.79 Å². The third kappa shape index (κ3) is 1.68. The maximum absolute atomic E-state index is 11.7. The maximum Gasteiger partial charge on any atom is 0.329 e. The van der Waals surface area contributed by atoms with Crippen LogP contribution in [0.4, 0.5) is 0 Å². The Morgan fingerprint density at radius 1 is 1.44 bits per heavy atom. The van der Waals surface area contributed by atoms with Gasteiger partial charge < -0.3 is 19.8 Å². The first-order chi connectivity index (χ1) is 7.56. The number of carbonyl (C=O) groups is 2. The molecule has 2 rings (SSSR count). The molecular formula is C10H15NO5. The number of aliphatic hydroxyl groups is 1. The number of nitrogens with zero attached hydrogens (tertiary/aromatic N) is 1. The predicted molar refractivity (Wildman–Crippen MR) is 52.8 cm³/mol. The van der Waals surface area contributed by atoms with Crippen LogP contribution in [0.25, 0.3) is 0 Å². The molecule has 2 N–H and O–H groups in total. The molecule has 16 heavy (non-hydrogen) atoms. The van der Waals surface area contributed by atoms with Gasteiger partial charge in [-0.1, -0.05) is 0 Å². The number of rotatable bonds is 2. The number of hydrogen-bond donors (Lipinski definition) is 2. The van der Waals surface area contributed by atoms with E-state index in [0.29, 0.717) is 26.1 Å². The number of amides is 1. The number of carboxylic acids is 1. The van der Waals surface area contributed by atoms with Crippen LogP contribution >= 0.6 is 0 Å². The molecular weight excluding hydrogens is 214 g/mol. The SMILES string of the molecule is O=C1CC(O)CN1C1(C(=O)O)CCOCC1. The van der Waals surface area contributed by atoms with Gasteiger partial charge in [-0.3, -0.25) is 4.79 Å². The Bertz CT molecular complexity index is 308. The van der Waals surface area contributed by atoms with Gasteiger partial charge in [-0.15, -0.1) is 0 Å². The summed E-state index contributed by atoms with van der Waals surface area (Å²) in [6.07, 6.45) is -0.135. The third-order valence-electron chi connectivity index (χ3n) is 3.34. The van der Waals surface area contributed by atoms with Crippen LogP contribution in [0, 0.1) is 0 Å². The third-order valence-corrected chi connectivity index (χ3v) is 3.34. The lowest BCUT2D eigenvalue weighted by Crippen LogP contribution is -2.58. The van der Waals surface area contributed by atoms with Crippen molar-refractivity contribution >= 4 is 11.9 Å². The molecule has 1 atom stereocenters. The Hall–Kier alpha value is -1.14. The van der Waals surface area contributed by atoms with Crippen LogP contribution in [0.1, 0.15) is 19.3 Å². The van der Waals surface area contributed by atoms with E-state index in [2.05, 4.69) is 0 Å². The van der Waals surface area contributed by atoms with E-state index in [9.17, 15) is 19.8 Å². The monoisotopic (exact) mass is 229 g/mol. The highest BCUT2D eigenvalue weighted by atomic mass is 16.5. The molecule has 0 bridgehead atoms. The maximum atomic E-state index is 11.7. The summed E-state index contributed by atoms with van der Waals surface area (Å²) in [6.45, 7) is 0.795. The normalized spacial score (nSPS) is 29.4. The number of likely N-dealkylation sites (tertiary alicyclic amines) is 1. The van der Waals surface area contributed by atoms with Gasteiger partial charge in [0.1, 0.15) is 5.54 Å².